The van der Waals surface area contributed by atoms with Crippen molar-refractivity contribution in [1.82, 2.24) is 0 Å². The Morgan fingerprint density at radius 3 is 1.20 bits per heavy atom. The van der Waals surface area contributed by atoms with Gasteiger partial charge in [-0.15, -0.1) is 0 Å². The van der Waals surface area contributed by atoms with E-state index in [0.717, 1.165) is 103 Å². The molecule has 0 saturated heterocycles. The van der Waals surface area contributed by atoms with Gasteiger partial charge in [0.2, 0.25) is 0 Å². The second-order valence-electron chi connectivity index (χ2n) is 16.4. The van der Waals surface area contributed by atoms with Gasteiger partial charge in [0.15, 0.2) is 6.10 Å². The molecule has 0 aliphatic heterocycles. The van der Waals surface area contributed by atoms with Crippen LogP contribution in [-0.4, -0.2) is 37.2 Å². The molecule has 0 rings (SSSR count). The Morgan fingerprint density at radius 1 is 0.373 bits per heavy atom. The molecule has 0 heterocycles. The van der Waals surface area contributed by atoms with Gasteiger partial charge in [-0.2, -0.15) is 0 Å². The van der Waals surface area contributed by atoms with E-state index in [1.807, 2.05) is 0 Å². The molecule has 0 amide bonds. The van der Waals surface area contributed by atoms with Crippen LogP contribution in [0.1, 0.15) is 239 Å². The average molecular weight is 825 g/mol. The number of hydrogen-bond donors (Lipinski definition) is 0. The number of unbranched alkanes of at least 4 members (excludes halogenated alkanes) is 24. The van der Waals surface area contributed by atoms with Gasteiger partial charge in [-0.1, -0.05) is 210 Å². The lowest BCUT2D eigenvalue weighted by Gasteiger charge is -2.18. The molecule has 0 aliphatic rings. The Hall–Kier alpha value is -2.89. The minimum atomic E-state index is -0.793. The van der Waals surface area contributed by atoms with Crippen molar-refractivity contribution >= 4 is 17.9 Å². The van der Waals surface area contributed by atoms with E-state index in [9.17, 15) is 14.4 Å². The van der Waals surface area contributed by atoms with Gasteiger partial charge < -0.3 is 14.2 Å². The second kappa shape index (κ2) is 47.8. The van der Waals surface area contributed by atoms with E-state index >= 15 is 0 Å². The molecule has 0 saturated carbocycles. The SMILES string of the molecule is CC/C=C\C/C=C\C/C=C\CCCCCCC(=O)OC(COC(=O)CCCCC/C=C\C=C/CCCC)COC(=O)CCCCCCCCCCCCCCCCCC. The van der Waals surface area contributed by atoms with Gasteiger partial charge >= 0.3 is 17.9 Å². The summed E-state index contributed by atoms with van der Waals surface area (Å²) in [6.45, 7) is 6.43. The Bertz CT molecular complexity index is 1090. The van der Waals surface area contributed by atoms with Crippen LogP contribution in [0.4, 0.5) is 0 Å². The lowest BCUT2D eigenvalue weighted by Crippen LogP contribution is -2.30. The molecular formula is C53H92O6. The van der Waals surface area contributed by atoms with Crippen molar-refractivity contribution in [3.05, 3.63) is 60.8 Å². The highest BCUT2D eigenvalue weighted by atomic mass is 16.6. The molecule has 6 nitrogen and oxygen atoms in total. The summed E-state index contributed by atoms with van der Waals surface area (Å²) in [6, 6.07) is 0. The van der Waals surface area contributed by atoms with Crippen molar-refractivity contribution in [2.45, 2.75) is 245 Å². The molecule has 6 heteroatoms. The van der Waals surface area contributed by atoms with Crippen LogP contribution in [0.5, 0.6) is 0 Å². The molecule has 0 radical (unpaired) electrons. The van der Waals surface area contributed by atoms with Crippen LogP contribution in [0.3, 0.4) is 0 Å². The number of carbonyl (C=O) groups is 3. The van der Waals surface area contributed by atoms with Crippen LogP contribution < -0.4 is 0 Å². The van der Waals surface area contributed by atoms with E-state index in [-0.39, 0.29) is 31.1 Å². The third kappa shape index (κ3) is 46.0. The molecule has 0 N–H and O–H groups in total. The third-order valence-corrected chi connectivity index (χ3v) is 10.5. The van der Waals surface area contributed by atoms with Crippen LogP contribution in [-0.2, 0) is 28.6 Å². The number of esters is 3. The lowest BCUT2D eigenvalue weighted by molar-refractivity contribution is -0.167. The maximum absolute atomic E-state index is 12.7. The van der Waals surface area contributed by atoms with Gasteiger partial charge in [0, 0.05) is 19.3 Å². The molecule has 0 bridgehead atoms. The number of rotatable bonds is 44. The number of ether oxygens (including phenoxy) is 3. The standard InChI is InChI=1S/C53H92O6/c1-4-7-10-13-16-19-22-24-26-27-29-31-34-37-40-43-46-52(55)58-49-50(48-57-51(54)45-42-39-36-33-30-21-18-15-12-9-6-3)59-53(56)47-44-41-38-35-32-28-25-23-20-17-14-11-8-5-2/h8,11,15,17-18,20-21,25,28,30,50H,4-7,9-10,12-14,16,19,22-24,26-27,29,31-49H2,1-3H3/b11-8-,18-15-,20-17-,28-25-,30-21-. The summed E-state index contributed by atoms with van der Waals surface area (Å²) < 4.78 is 16.7. The number of allylic oxidation sites excluding steroid dienone is 10. The largest absolute Gasteiger partial charge is 0.462 e. The molecule has 0 aliphatic carbocycles. The molecule has 0 spiro atoms. The number of hydrogen-bond acceptors (Lipinski definition) is 6. The third-order valence-electron chi connectivity index (χ3n) is 10.5. The quantitative estimate of drug-likeness (QED) is 0.0200. The molecule has 0 fully saturated rings. The minimum absolute atomic E-state index is 0.0904. The maximum Gasteiger partial charge on any atom is 0.306 e. The van der Waals surface area contributed by atoms with Gasteiger partial charge in [-0.05, 0) is 70.6 Å². The van der Waals surface area contributed by atoms with Crippen molar-refractivity contribution < 1.29 is 28.6 Å². The van der Waals surface area contributed by atoms with E-state index < -0.39 is 6.10 Å². The Kier molecular flexibility index (Phi) is 45.4. The first-order valence-electron chi connectivity index (χ1n) is 24.8. The van der Waals surface area contributed by atoms with Crippen LogP contribution >= 0.6 is 0 Å². The first kappa shape index (κ1) is 56.1. The monoisotopic (exact) mass is 825 g/mol. The van der Waals surface area contributed by atoms with Gasteiger partial charge in [0.05, 0.1) is 0 Å². The van der Waals surface area contributed by atoms with E-state index in [1.54, 1.807) is 0 Å². The lowest BCUT2D eigenvalue weighted by atomic mass is 10.0. The first-order valence-corrected chi connectivity index (χ1v) is 24.8. The zero-order valence-corrected chi connectivity index (χ0v) is 38.8. The fourth-order valence-electron chi connectivity index (χ4n) is 6.79. The summed E-state index contributed by atoms with van der Waals surface area (Å²) in [6.07, 6.45) is 57.8. The highest BCUT2D eigenvalue weighted by molar-refractivity contribution is 5.71. The molecule has 0 aromatic rings. The fraction of sp³-hybridized carbons (Fsp3) is 0.755. The summed E-state index contributed by atoms with van der Waals surface area (Å²) in [5, 5.41) is 0. The van der Waals surface area contributed by atoms with Gasteiger partial charge in [-0.25, -0.2) is 0 Å². The fourth-order valence-corrected chi connectivity index (χ4v) is 6.79. The van der Waals surface area contributed by atoms with E-state index in [2.05, 4.69) is 81.5 Å². The zero-order chi connectivity index (χ0) is 43.0. The van der Waals surface area contributed by atoms with Crippen molar-refractivity contribution in [1.29, 1.82) is 0 Å². The molecule has 0 aromatic carbocycles. The van der Waals surface area contributed by atoms with Crippen molar-refractivity contribution in [2.24, 2.45) is 0 Å². The maximum atomic E-state index is 12.7. The van der Waals surface area contributed by atoms with Gasteiger partial charge in [-0.3, -0.25) is 14.4 Å². The smallest absolute Gasteiger partial charge is 0.306 e. The predicted molar refractivity (Wildman–Crippen MR) is 251 cm³/mol. The van der Waals surface area contributed by atoms with E-state index in [0.29, 0.717) is 19.3 Å². The van der Waals surface area contributed by atoms with Crippen molar-refractivity contribution in [2.75, 3.05) is 13.2 Å². The Balaban J connectivity index is 4.40. The average Bonchev–Trinajstić information content (AvgIpc) is 3.23. The summed E-state index contributed by atoms with van der Waals surface area (Å²) in [5.41, 5.74) is 0. The molecule has 1 atom stereocenters. The minimum Gasteiger partial charge on any atom is -0.462 e. The van der Waals surface area contributed by atoms with Gasteiger partial charge in [0.1, 0.15) is 13.2 Å². The summed E-state index contributed by atoms with van der Waals surface area (Å²) in [7, 11) is 0. The summed E-state index contributed by atoms with van der Waals surface area (Å²) >= 11 is 0. The van der Waals surface area contributed by atoms with Crippen LogP contribution in [0.2, 0.25) is 0 Å². The van der Waals surface area contributed by atoms with Crippen molar-refractivity contribution in [3.63, 3.8) is 0 Å². The molecule has 0 aromatic heterocycles. The van der Waals surface area contributed by atoms with Gasteiger partial charge in [0.25, 0.3) is 0 Å². The molecule has 1 unspecified atom stereocenters. The summed E-state index contributed by atoms with van der Waals surface area (Å²) in [4.78, 5) is 37.8. The van der Waals surface area contributed by atoms with Crippen LogP contribution in [0.25, 0.3) is 0 Å². The summed E-state index contributed by atoms with van der Waals surface area (Å²) in [5.74, 6) is -0.940. The highest BCUT2D eigenvalue weighted by Gasteiger charge is 2.19. The van der Waals surface area contributed by atoms with Crippen LogP contribution in [0.15, 0.2) is 60.8 Å². The molecule has 59 heavy (non-hydrogen) atoms. The topological polar surface area (TPSA) is 78.9 Å². The van der Waals surface area contributed by atoms with Crippen LogP contribution in [0, 0.1) is 0 Å². The van der Waals surface area contributed by atoms with E-state index in [4.69, 9.17) is 14.2 Å². The van der Waals surface area contributed by atoms with Crippen molar-refractivity contribution in [3.8, 4) is 0 Å². The normalized spacial score (nSPS) is 12.5. The predicted octanol–water partition coefficient (Wildman–Crippen LogP) is 16.1. The number of carbonyl (C=O) groups excluding carboxylic acids is 3. The highest BCUT2D eigenvalue weighted by Crippen LogP contribution is 2.15. The zero-order valence-electron chi connectivity index (χ0n) is 38.8. The Labute approximate surface area is 364 Å². The second-order valence-corrected chi connectivity index (χ2v) is 16.4. The molecule has 340 valence electrons. The molecular weight excluding hydrogens is 733 g/mol. The Morgan fingerprint density at radius 2 is 0.729 bits per heavy atom. The van der Waals surface area contributed by atoms with E-state index in [1.165, 1.54) is 96.3 Å². The first-order chi connectivity index (χ1) is 29.0.